The topological polar surface area (TPSA) is 40.5 Å². The first-order chi connectivity index (χ1) is 14.0. The second kappa shape index (κ2) is 8.18. The highest BCUT2D eigenvalue weighted by molar-refractivity contribution is 5.82. The van der Waals surface area contributed by atoms with Crippen molar-refractivity contribution in [3.63, 3.8) is 0 Å². The molecule has 0 amide bonds. The van der Waals surface area contributed by atoms with Crippen molar-refractivity contribution < 1.29 is 10.2 Å². The number of aryl methyl sites for hydroxylation is 4. The summed E-state index contributed by atoms with van der Waals surface area (Å²) in [7, 11) is 0. The summed E-state index contributed by atoms with van der Waals surface area (Å²) in [6.45, 7) is 16.7. The molecule has 0 saturated heterocycles. The standard InChI is InChI=1S/C28H34O2/c1-15(2)21-13-24(22-9-17(5)27(29)18(6)10-22)26(16(3)4)25(14-21)23-11-19(7)28(30)20(8)12-23/h9-16,29-30H,1-8H3. The normalized spacial score (nSPS) is 11.5. The monoisotopic (exact) mass is 402 g/mol. The zero-order valence-corrected chi connectivity index (χ0v) is 19.5. The first-order valence-electron chi connectivity index (χ1n) is 10.8. The summed E-state index contributed by atoms with van der Waals surface area (Å²) in [6.07, 6.45) is 0. The fourth-order valence-electron chi connectivity index (χ4n) is 4.33. The van der Waals surface area contributed by atoms with Gasteiger partial charge in [0.25, 0.3) is 0 Å². The van der Waals surface area contributed by atoms with Crippen molar-refractivity contribution in [2.45, 2.75) is 67.2 Å². The fourth-order valence-corrected chi connectivity index (χ4v) is 4.33. The Balaban J connectivity index is 2.42. The van der Waals surface area contributed by atoms with Gasteiger partial charge < -0.3 is 10.2 Å². The molecule has 2 nitrogen and oxygen atoms in total. The van der Waals surface area contributed by atoms with Crippen LogP contribution in [0.2, 0.25) is 0 Å². The van der Waals surface area contributed by atoms with Crippen molar-refractivity contribution in [1.29, 1.82) is 0 Å². The van der Waals surface area contributed by atoms with Gasteiger partial charge in [-0.1, -0.05) is 39.8 Å². The van der Waals surface area contributed by atoms with Crippen LogP contribution in [0.1, 0.15) is 72.9 Å². The number of aromatic hydroxyl groups is 2. The Morgan fingerprint density at radius 3 is 1.13 bits per heavy atom. The van der Waals surface area contributed by atoms with Crippen LogP contribution < -0.4 is 0 Å². The van der Waals surface area contributed by atoms with Gasteiger partial charge in [0, 0.05) is 0 Å². The van der Waals surface area contributed by atoms with Gasteiger partial charge in [0.15, 0.2) is 0 Å². The van der Waals surface area contributed by atoms with E-state index in [9.17, 15) is 10.2 Å². The van der Waals surface area contributed by atoms with Gasteiger partial charge >= 0.3 is 0 Å². The molecular formula is C28H34O2. The van der Waals surface area contributed by atoms with Crippen LogP contribution in [-0.2, 0) is 0 Å². The molecule has 30 heavy (non-hydrogen) atoms. The molecule has 0 aliphatic rings. The maximum absolute atomic E-state index is 10.3. The minimum atomic E-state index is 0.319. The summed E-state index contributed by atoms with van der Waals surface area (Å²) in [5, 5.41) is 20.6. The molecule has 3 aromatic carbocycles. The molecule has 0 heterocycles. The van der Waals surface area contributed by atoms with E-state index in [0.717, 1.165) is 33.4 Å². The Morgan fingerprint density at radius 1 is 0.533 bits per heavy atom. The van der Waals surface area contributed by atoms with Crippen LogP contribution in [0.5, 0.6) is 11.5 Å². The number of phenols is 2. The Labute approximate surface area is 181 Å². The van der Waals surface area contributed by atoms with E-state index >= 15 is 0 Å². The smallest absolute Gasteiger partial charge is 0.121 e. The van der Waals surface area contributed by atoms with E-state index in [1.165, 1.54) is 22.3 Å². The fraction of sp³-hybridized carbons (Fsp3) is 0.357. The van der Waals surface area contributed by atoms with Crippen molar-refractivity contribution in [2.75, 3.05) is 0 Å². The molecule has 0 fully saturated rings. The Hall–Kier alpha value is -2.74. The molecule has 2 heteroatoms. The molecule has 0 bridgehead atoms. The predicted octanol–water partition coefficient (Wildman–Crippen LogP) is 7.91. The maximum atomic E-state index is 10.3. The second-order valence-corrected chi connectivity index (χ2v) is 9.26. The number of hydrogen-bond acceptors (Lipinski definition) is 2. The molecule has 0 radical (unpaired) electrons. The van der Waals surface area contributed by atoms with E-state index in [0.29, 0.717) is 23.3 Å². The largest absolute Gasteiger partial charge is 0.507 e. The third kappa shape index (κ3) is 3.96. The lowest BCUT2D eigenvalue weighted by Crippen LogP contribution is -2.01. The summed E-state index contributed by atoms with van der Waals surface area (Å²) in [6, 6.07) is 13.0. The first kappa shape index (κ1) is 22.0. The summed E-state index contributed by atoms with van der Waals surface area (Å²) in [5.74, 6) is 1.45. The SMILES string of the molecule is Cc1cc(-c2cc(C(C)C)cc(-c3cc(C)c(O)c(C)c3)c2C(C)C)cc(C)c1O. The molecule has 158 valence electrons. The van der Waals surface area contributed by atoms with E-state index in [1.807, 2.05) is 27.7 Å². The highest BCUT2D eigenvalue weighted by atomic mass is 16.3. The molecular weight excluding hydrogens is 368 g/mol. The minimum Gasteiger partial charge on any atom is -0.507 e. The lowest BCUT2D eigenvalue weighted by molar-refractivity contribution is 0.466. The summed E-state index contributed by atoms with van der Waals surface area (Å²) in [5.41, 5.74) is 10.9. The van der Waals surface area contributed by atoms with Crippen LogP contribution in [0, 0.1) is 27.7 Å². The quantitative estimate of drug-likeness (QED) is 0.465. The van der Waals surface area contributed by atoms with Crippen LogP contribution in [-0.4, -0.2) is 10.2 Å². The van der Waals surface area contributed by atoms with Gasteiger partial charge in [-0.15, -0.1) is 0 Å². The van der Waals surface area contributed by atoms with E-state index in [1.54, 1.807) is 0 Å². The van der Waals surface area contributed by atoms with Gasteiger partial charge in [0.05, 0.1) is 0 Å². The number of phenolic OH excluding ortho intramolecular Hbond substituents is 2. The number of benzene rings is 3. The summed E-state index contributed by atoms with van der Waals surface area (Å²) in [4.78, 5) is 0. The van der Waals surface area contributed by atoms with Crippen LogP contribution in [0.4, 0.5) is 0 Å². The number of hydrogen-bond donors (Lipinski definition) is 2. The molecule has 3 rings (SSSR count). The van der Waals surface area contributed by atoms with E-state index in [4.69, 9.17) is 0 Å². The zero-order valence-electron chi connectivity index (χ0n) is 19.5. The van der Waals surface area contributed by atoms with E-state index < -0.39 is 0 Å². The van der Waals surface area contributed by atoms with Crippen molar-refractivity contribution in [3.05, 3.63) is 69.8 Å². The van der Waals surface area contributed by atoms with Crippen LogP contribution >= 0.6 is 0 Å². The highest BCUT2D eigenvalue weighted by Crippen LogP contribution is 2.42. The van der Waals surface area contributed by atoms with Gasteiger partial charge in [0.2, 0.25) is 0 Å². The Bertz CT molecular complexity index is 979. The molecule has 0 unspecified atom stereocenters. The van der Waals surface area contributed by atoms with Crippen LogP contribution in [0.15, 0.2) is 36.4 Å². The molecule has 0 saturated carbocycles. The third-order valence-corrected chi connectivity index (χ3v) is 6.05. The summed E-state index contributed by atoms with van der Waals surface area (Å²) >= 11 is 0. The molecule has 2 N–H and O–H groups in total. The zero-order chi connectivity index (χ0) is 22.3. The molecule has 3 aromatic rings. The average Bonchev–Trinajstić information content (AvgIpc) is 2.68. The molecule has 0 aliphatic carbocycles. The second-order valence-electron chi connectivity index (χ2n) is 9.26. The molecule has 0 aliphatic heterocycles. The van der Waals surface area contributed by atoms with Gasteiger partial charge in [-0.25, -0.2) is 0 Å². The lowest BCUT2D eigenvalue weighted by Gasteiger charge is -2.23. The van der Waals surface area contributed by atoms with Crippen LogP contribution in [0.3, 0.4) is 0 Å². The van der Waals surface area contributed by atoms with E-state index in [-0.39, 0.29) is 0 Å². The highest BCUT2D eigenvalue weighted by Gasteiger charge is 2.20. The Morgan fingerprint density at radius 2 is 0.867 bits per heavy atom. The minimum absolute atomic E-state index is 0.319. The van der Waals surface area contributed by atoms with Crippen molar-refractivity contribution in [3.8, 4) is 33.8 Å². The third-order valence-electron chi connectivity index (χ3n) is 6.05. The maximum Gasteiger partial charge on any atom is 0.121 e. The van der Waals surface area contributed by atoms with Crippen molar-refractivity contribution in [2.24, 2.45) is 0 Å². The average molecular weight is 403 g/mol. The Kier molecular flexibility index (Phi) is 5.99. The molecule has 0 aromatic heterocycles. The first-order valence-corrected chi connectivity index (χ1v) is 10.8. The van der Waals surface area contributed by atoms with Gasteiger partial charge in [-0.3, -0.25) is 0 Å². The van der Waals surface area contributed by atoms with Gasteiger partial charge in [-0.05, 0) is 119 Å². The predicted molar refractivity (Wildman–Crippen MR) is 128 cm³/mol. The summed E-state index contributed by atoms with van der Waals surface area (Å²) < 4.78 is 0. The van der Waals surface area contributed by atoms with Gasteiger partial charge in [0.1, 0.15) is 11.5 Å². The van der Waals surface area contributed by atoms with Crippen molar-refractivity contribution >= 4 is 0 Å². The number of rotatable bonds is 4. The molecule has 0 atom stereocenters. The van der Waals surface area contributed by atoms with E-state index in [2.05, 4.69) is 64.1 Å². The lowest BCUT2D eigenvalue weighted by atomic mass is 9.81. The van der Waals surface area contributed by atoms with Crippen LogP contribution in [0.25, 0.3) is 22.3 Å². The molecule has 0 spiro atoms. The van der Waals surface area contributed by atoms with Gasteiger partial charge in [-0.2, -0.15) is 0 Å². The van der Waals surface area contributed by atoms with Crippen molar-refractivity contribution in [1.82, 2.24) is 0 Å².